The van der Waals surface area contributed by atoms with Crippen molar-refractivity contribution in [1.29, 1.82) is 0 Å². The average Bonchev–Trinajstić information content (AvgIpc) is 3.02. The molecule has 0 bridgehead atoms. The highest BCUT2D eigenvalue weighted by atomic mass is 32.1. The van der Waals surface area contributed by atoms with Crippen molar-refractivity contribution in [2.75, 3.05) is 6.54 Å². The Morgan fingerprint density at radius 3 is 2.80 bits per heavy atom. The summed E-state index contributed by atoms with van der Waals surface area (Å²) in [6.07, 6.45) is 2.10. The normalized spacial score (nSPS) is 19.8. The molecule has 2 aromatic rings. The van der Waals surface area contributed by atoms with Crippen molar-refractivity contribution in [2.24, 2.45) is 5.41 Å². The highest BCUT2D eigenvalue weighted by Crippen LogP contribution is 2.38. The van der Waals surface area contributed by atoms with Gasteiger partial charge in [-0.1, -0.05) is 32.9 Å². The largest absolute Gasteiger partial charge is 0.333 e. The number of nitrogens with zero attached hydrogens (tertiary/aromatic N) is 2. The van der Waals surface area contributed by atoms with Crippen LogP contribution in [0, 0.1) is 5.41 Å². The first-order chi connectivity index (χ1) is 9.47. The van der Waals surface area contributed by atoms with Crippen molar-refractivity contribution in [2.45, 2.75) is 39.7 Å². The van der Waals surface area contributed by atoms with Gasteiger partial charge in [0.1, 0.15) is 5.01 Å². The fraction of sp³-hybridized carbons (Fsp3) is 0.500. The summed E-state index contributed by atoms with van der Waals surface area (Å²) in [5, 5.41) is 1.08. The lowest BCUT2D eigenvalue weighted by Crippen LogP contribution is -2.38. The van der Waals surface area contributed by atoms with Crippen LogP contribution in [0.2, 0.25) is 0 Å². The molecule has 1 aliphatic rings. The molecule has 1 atom stereocenters. The summed E-state index contributed by atoms with van der Waals surface area (Å²) >= 11 is 1.72. The standard InChI is InChI=1S/C16H20N2OS/c1-16(2,3)15(19)18-10-6-8-12(18)14-17-11-7-4-5-9-13(11)20-14/h4-5,7,9,12H,6,8,10H2,1-3H3/t12-/m1/s1. The van der Waals surface area contributed by atoms with Crippen molar-refractivity contribution in [1.82, 2.24) is 9.88 Å². The third-order valence-corrected chi connectivity index (χ3v) is 4.89. The fourth-order valence-corrected chi connectivity index (χ4v) is 3.85. The molecule has 1 aliphatic heterocycles. The molecule has 0 N–H and O–H groups in total. The molecule has 0 aliphatic carbocycles. The van der Waals surface area contributed by atoms with Crippen LogP contribution in [0.15, 0.2) is 24.3 Å². The van der Waals surface area contributed by atoms with Crippen LogP contribution in [0.4, 0.5) is 0 Å². The highest BCUT2D eigenvalue weighted by molar-refractivity contribution is 7.18. The van der Waals surface area contributed by atoms with Gasteiger partial charge >= 0.3 is 0 Å². The van der Waals surface area contributed by atoms with Gasteiger partial charge in [-0.25, -0.2) is 4.98 Å². The summed E-state index contributed by atoms with van der Waals surface area (Å²) in [4.78, 5) is 19.3. The van der Waals surface area contributed by atoms with Crippen LogP contribution in [-0.4, -0.2) is 22.3 Å². The second kappa shape index (κ2) is 4.85. The summed E-state index contributed by atoms with van der Waals surface area (Å²) in [6.45, 7) is 6.83. The van der Waals surface area contributed by atoms with Crippen molar-refractivity contribution >= 4 is 27.5 Å². The molecule has 1 amide bonds. The molecule has 0 spiro atoms. The Kier molecular flexibility index (Phi) is 3.28. The van der Waals surface area contributed by atoms with Crippen molar-refractivity contribution in [3.8, 4) is 0 Å². The van der Waals surface area contributed by atoms with Gasteiger partial charge in [0, 0.05) is 12.0 Å². The summed E-state index contributed by atoms with van der Waals surface area (Å²) in [6, 6.07) is 8.36. The fourth-order valence-electron chi connectivity index (χ4n) is 2.73. The molecule has 1 aromatic heterocycles. The van der Waals surface area contributed by atoms with Gasteiger partial charge in [0.05, 0.1) is 16.3 Å². The Morgan fingerprint density at radius 1 is 1.35 bits per heavy atom. The first-order valence-electron chi connectivity index (χ1n) is 7.13. The van der Waals surface area contributed by atoms with E-state index in [0.29, 0.717) is 0 Å². The zero-order chi connectivity index (χ0) is 14.3. The molecule has 0 saturated carbocycles. The van der Waals surface area contributed by atoms with Crippen molar-refractivity contribution in [3.05, 3.63) is 29.3 Å². The van der Waals surface area contributed by atoms with Crippen LogP contribution >= 0.6 is 11.3 Å². The van der Waals surface area contributed by atoms with Gasteiger partial charge < -0.3 is 4.90 Å². The lowest BCUT2D eigenvalue weighted by molar-refractivity contribution is -0.140. The minimum absolute atomic E-state index is 0.166. The van der Waals surface area contributed by atoms with E-state index in [1.807, 2.05) is 43.9 Å². The van der Waals surface area contributed by atoms with Gasteiger partial charge in [-0.2, -0.15) is 0 Å². The molecule has 1 saturated heterocycles. The van der Waals surface area contributed by atoms with Crippen LogP contribution in [0.1, 0.15) is 44.7 Å². The van der Waals surface area contributed by atoms with E-state index in [1.54, 1.807) is 11.3 Å². The van der Waals surface area contributed by atoms with Crippen molar-refractivity contribution < 1.29 is 4.79 Å². The zero-order valence-corrected chi connectivity index (χ0v) is 13.0. The molecule has 3 rings (SSSR count). The maximum Gasteiger partial charge on any atom is 0.228 e. The van der Waals surface area contributed by atoms with Crippen LogP contribution in [-0.2, 0) is 4.79 Å². The average molecular weight is 288 g/mol. The van der Waals surface area contributed by atoms with Gasteiger partial charge in [0.2, 0.25) is 5.91 Å². The SMILES string of the molecule is CC(C)(C)C(=O)N1CCC[C@@H]1c1nc2ccccc2s1. The Labute approximate surface area is 123 Å². The van der Waals surface area contributed by atoms with Gasteiger partial charge in [0.25, 0.3) is 0 Å². The molecular formula is C16H20N2OS. The lowest BCUT2D eigenvalue weighted by Gasteiger charge is -2.29. The van der Waals surface area contributed by atoms with Crippen LogP contribution in [0.25, 0.3) is 10.2 Å². The Morgan fingerprint density at radius 2 is 2.10 bits per heavy atom. The minimum Gasteiger partial charge on any atom is -0.333 e. The summed E-state index contributed by atoms with van der Waals surface area (Å²) in [5.74, 6) is 0.235. The number of amides is 1. The van der Waals surface area contributed by atoms with Crippen LogP contribution in [0.3, 0.4) is 0 Å². The molecule has 1 aromatic carbocycles. The number of carbonyl (C=O) groups excluding carboxylic acids is 1. The topological polar surface area (TPSA) is 33.2 Å². The number of hydrogen-bond acceptors (Lipinski definition) is 3. The number of likely N-dealkylation sites (tertiary alicyclic amines) is 1. The quantitative estimate of drug-likeness (QED) is 0.794. The van der Waals surface area contributed by atoms with E-state index in [2.05, 4.69) is 6.07 Å². The minimum atomic E-state index is -0.320. The number of rotatable bonds is 1. The van der Waals surface area contributed by atoms with Gasteiger partial charge in [0.15, 0.2) is 0 Å². The molecule has 2 heterocycles. The maximum absolute atomic E-state index is 12.6. The molecule has 1 fully saturated rings. The monoisotopic (exact) mass is 288 g/mol. The number of thiazole rings is 1. The van der Waals surface area contributed by atoms with Gasteiger partial charge in [-0.05, 0) is 25.0 Å². The molecule has 3 nitrogen and oxygen atoms in total. The Bertz CT molecular complexity index is 608. The van der Waals surface area contributed by atoms with E-state index in [1.165, 1.54) is 4.70 Å². The number of benzene rings is 1. The van der Waals surface area contributed by atoms with E-state index >= 15 is 0 Å². The number of para-hydroxylation sites is 1. The maximum atomic E-state index is 12.6. The second-order valence-electron chi connectivity index (χ2n) is 6.43. The predicted molar refractivity (Wildman–Crippen MR) is 82.8 cm³/mol. The van der Waals surface area contributed by atoms with E-state index in [-0.39, 0.29) is 17.4 Å². The number of hydrogen-bond donors (Lipinski definition) is 0. The van der Waals surface area contributed by atoms with Gasteiger partial charge in [-0.3, -0.25) is 4.79 Å². The predicted octanol–water partition coefficient (Wildman–Crippen LogP) is 4.01. The first kappa shape index (κ1) is 13.6. The Hall–Kier alpha value is -1.42. The lowest BCUT2D eigenvalue weighted by atomic mass is 9.94. The summed E-state index contributed by atoms with van der Waals surface area (Å²) in [7, 11) is 0. The van der Waals surface area contributed by atoms with Gasteiger partial charge in [-0.15, -0.1) is 11.3 Å². The summed E-state index contributed by atoms with van der Waals surface area (Å²) in [5.41, 5.74) is 0.724. The molecule has 0 radical (unpaired) electrons. The highest BCUT2D eigenvalue weighted by Gasteiger charge is 2.37. The third-order valence-electron chi connectivity index (χ3n) is 3.75. The summed E-state index contributed by atoms with van der Waals surface area (Å²) < 4.78 is 1.21. The van der Waals surface area contributed by atoms with Crippen LogP contribution < -0.4 is 0 Å². The van der Waals surface area contributed by atoms with Crippen LogP contribution in [0.5, 0.6) is 0 Å². The molecule has 20 heavy (non-hydrogen) atoms. The molecule has 106 valence electrons. The number of carbonyl (C=O) groups is 1. The number of aromatic nitrogens is 1. The smallest absolute Gasteiger partial charge is 0.228 e. The molecule has 0 unspecified atom stereocenters. The molecular weight excluding hydrogens is 268 g/mol. The van der Waals surface area contributed by atoms with E-state index in [0.717, 1.165) is 29.9 Å². The number of fused-ring (bicyclic) bond motifs is 1. The van der Waals surface area contributed by atoms with E-state index in [4.69, 9.17) is 4.98 Å². The van der Waals surface area contributed by atoms with E-state index in [9.17, 15) is 4.79 Å². The first-order valence-corrected chi connectivity index (χ1v) is 7.95. The van der Waals surface area contributed by atoms with E-state index < -0.39 is 0 Å². The third kappa shape index (κ3) is 2.33. The molecule has 4 heteroatoms. The second-order valence-corrected chi connectivity index (χ2v) is 7.49. The Balaban J connectivity index is 1.94. The van der Waals surface area contributed by atoms with Crippen molar-refractivity contribution in [3.63, 3.8) is 0 Å². The zero-order valence-electron chi connectivity index (χ0n) is 12.2.